The number of aromatic nitrogens is 3. The van der Waals surface area contributed by atoms with Gasteiger partial charge in [0.25, 0.3) is 0 Å². The van der Waals surface area contributed by atoms with E-state index in [4.69, 9.17) is 11.6 Å². The standard InChI is InChI=1S/C4H6ClN3O2S/c5-1-2-11(9,10)4-6-3-7-8-4/h3H,1-2H2,(H,6,7,8). The van der Waals surface area contributed by atoms with Crippen LogP contribution in [0.15, 0.2) is 11.5 Å². The molecular weight excluding hydrogens is 190 g/mol. The molecule has 1 rings (SSSR count). The highest BCUT2D eigenvalue weighted by Crippen LogP contribution is 2.01. The van der Waals surface area contributed by atoms with Crippen molar-refractivity contribution < 1.29 is 8.42 Å². The number of nitrogens with zero attached hydrogens (tertiary/aromatic N) is 2. The second kappa shape index (κ2) is 3.19. The number of hydrogen-bond acceptors (Lipinski definition) is 4. The van der Waals surface area contributed by atoms with Gasteiger partial charge in [0.05, 0.1) is 5.75 Å². The minimum Gasteiger partial charge on any atom is -0.250 e. The fraction of sp³-hybridized carbons (Fsp3) is 0.500. The zero-order chi connectivity index (χ0) is 8.32. The first-order chi connectivity index (χ1) is 5.17. The Balaban J connectivity index is 2.92. The number of halogens is 1. The van der Waals surface area contributed by atoms with Crippen LogP contribution in [-0.4, -0.2) is 35.2 Å². The molecule has 0 bridgehead atoms. The molecule has 0 unspecified atom stereocenters. The molecular formula is C4H6ClN3O2S. The van der Waals surface area contributed by atoms with Crippen molar-refractivity contribution in [2.45, 2.75) is 5.16 Å². The average Bonchev–Trinajstić information content (AvgIpc) is 2.37. The highest BCUT2D eigenvalue weighted by Gasteiger charge is 2.15. The summed E-state index contributed by atoms with van der Waals surface area (Å²) in [6.07, 6.45) is 1.14. The van der Waals surface area contributed by atoms with E-state index in [1.165, 1.54) is 0 Å². The van der Waals surface area contributed by atoms with Gasteiger partial charge in [-0.15, -0.1) is 11.6 Å². The Hall–Kier alpha value is -0.620. The summed E-state index contributed by atoms with van der Waals surface area (Å²) in [5.74, 6) is -0.0627. The normalized spacial score (nSPS) is 11.7. The molecule has 0 aliphatic rings. The Morgan fingerprint density at radius 2 is 2.36 bits per heavy atom. The first kappa shape index (κ1) is 8.48. The number of hydrogen-bond donors (Lipinski definition) is 1. The summed E-state index contributed by atoms with van der Waals surface area (Å²) < 4.78 is 22.2. The molecule has 62 valence electrons. The van der Waals surface area contributed by atoms with Crippen LogP contribution in [0.2, 0.25) is 0 Å². The highest BCUT2D eigenvalue weighted by molar-refractivity contribution is 7.91. The lowest BCUT2D eigenvalue weighted by Crippen LogP contribution is -2.09. The summed E-state index contributed by atoms with van der Waals surface area (Å²) >= 11 is 5.26. The molecule has 0 amide bonds. The van der Waals surface area contributed by atoms with Gasteiger partial charge in [0.15, 0.2) is 0 Å². The van der Waals surface area contributed by atoms with Gasteiger partial charge < -0.3 is 0 Å². The summed E-state index contributed by atoms with van der Waals surface area (Å²) in [5.41, 5.74) is 0. The van der Waals surface area contributed by atoms with E-state index in [0.29, 0.717) is 0 Å². The largest absolute Gasteiger partial charge is 0.250 e. The van der Waals surface area contributed by atoms with E-state index in [2.05, 4.69) is 15.2 Å². The Labute approximate surface area is 68.7 Å². The molecule has 1 aromatic rings. The fourth-order valence-corrected chi connectivity index (χ4v) is 1.95. The van der Waals surface area contributed by atoms with Crippen molar-refractivity contribution in [1.82, 2.24) is 15.2 Å². The zero-order valence-corrected chi connectivity index (χ0v) is 7.06. The molecule has 0 aromatic carbocycles. The van der Waals surface area contributed by atoms with Crippen LogP contribution in [0.3, 0.4) is 0 Å². The van der Waals surface area contributed by atoms with E-state index < -0.39 is 9.84 Å². The van der Waals surface area contributed by atoms with E-state index >= 15 is 0 Å². The van der Waals surface area contributed by atoms with E-state index in [1.807, 2.05) is 0 Å². The fourth-order valence-electron chi connectivity index (χ4n) is 0.542. The molecule has 0 aliphatic carbocycles. The maximum atomic E-state index is 11.1. The molecule has 7 heteroatoms. The van der Waals surface area contributed by atoms with Gasteiger partial charge >= 0.3 is 0 Å². The zero-order valence-electron chi connectivity index (χ0n) is 5.49. The van der Waals surface area contributed by atoms with Gasteiger partial charge in [0.2, 0.25) is 15.0 Å². The number of H-pyrrole nitrogens is 1. The van der Waals surface area contributed by atoms with Crippen LogP contribution < -0.4 is 0 Å². The van der Waals surface area contributed by atoms with Crippen molar-refractivity contribution in [1.29, 1.82) is 0 Å². The Morgan fingerprint density at radius 3 is 2.82 bits per heavy atom. The predicted octanol–water partition coefficient (Wildman–Crippen LogP) is -0.183. The summed E-state index contributed by atoms with van der Waals surface area (Å²) in [4.78, 5) is 3.49. The molecule has 0 fully saturated rings. The number of aromatic amines is 1. The summed E-state index contributed by atoms with van der Waals surface area (Å²) in [5, 5.41) is 5.54. The molecule has 0 radical (unpaired) electrons. The highest BCUT2D eigenvalue weighted by atomic mass is 35.5. The molecule has 1 heterocycles. The maximum Gasteiger partial charge on any atom is 0.242 e. The van der Waals surface area contributed by atoms with E-state index in [9.17, 15) is 8.42 Å². The van der Waals surface area contributed by atoms with Crippen molar-refractivity contribution >= 4 is 21.4 Å². The van der Waals surface area contributed by atoms with Crippen LogP contribution in [-0.2, 0) is 9.84 Å². The van der Waals surface area contributed by atoms with Crippen molar-refractivity contribution in [3.8, 4) is 0 Å². The third-order valence-corrected chi connectivity index (χ3v) is 2.97. The Bertz CT molecular complexity index is 306. The minimum absolute atomic E-state index is 0.0586. The predicted molar refractivity (Wildman–Crippen MR) is 39.2 cm³/mol. The van der Waals surface area contributed by atoms with Gasteiger partial charge in [-0.3, -0.25) is 5.10 Å². The average molecular weight is 196 g/mol. The molecule has 5 nitrogen and oxygen atoms in total. The SMILES string of the molecule is O=S(=O)(CCCl)c1ncn[nH]1. The molecule has 11 heavy (non-hydrogen) atoms. The second-order valence-corrected chi connectivity index (χ2v) is 4.20. The van der Waals surface area contributed by atoms with Crippen LogP contribution in [0.1, 0.15) is 0 Å². The van der Waals surface area contributed by atoms with Crippen LogP contribution in [0.4, 0.5) is 0 Å². The van der Waals surface area contributed by atoms with Crippen LogP contribution in [0.25, 0.3) is 0 Å². The van der Waals surface area contributed by atoms with E-state index in [1.54, 1.807) is 0 Å². The topological polar surface area (TPSA) is 75.7 Å². The maximum absolute atomic E-state index is 11.1. The molecule has 0 aliphatic heterocycles. The summed E-state index contributed by atoms with van der Waals surface area (Å²) in [6.45, 7) is 0. The van der Waals surface area contributed by atoms with E-state index in [0.717, 1.165) is 6.33 Å². The van der Waals surface area contributed by atoms with Crippen molar-refractivity contribution in [2.24, 2.45) is 0 Å². The lowest BCUT2D eigenvalue weighted by molar-refractivity contribution is 0.589. The first-order valence-electron chi connectivity index (χ1n) is 2.81. The number of nitrogens with one attached hydrogen (secondary N) is 1. The van der Waals surface area contributed by atoms with Crippen molar-refractivity contribution in [2.75, 3.05) is 11.6 Å². The first-order valence-corrected chi connectivity index (χ1v) is 4.99. The van der Waals surface area contributed by atoms with Gasteiger partial charge in [0.1, 0.15) is 6.33 Å². The van der Waals surface area contributed by atoms with Gasteiger partial charge in [-0.25, -0.2) is 13.4 Å². The lowest BCUT2D eigenvalue weighted by Gasteiger charge is -1.93. The van der Waals surface area contributed by atoms with Crippen LogP contribution in [0.5, 0.6) is 0 Å². The lowest BCUT2D eigenvalue weighted by atomic mass is 11.0. The van der Waals surface area contributed by atoms with Gasteiger partial charge in [-0.2, -0.15) is 5.10 Å². The molecule has 0 spiro atoms. The number of sulfone groups is 1. The number of rotatable bonds is 3. The van der Waals surface area contributed by atoms with Gasteiger partial charge in [0, 0.05) is 5.88 Å². The van der Waals surface area contributed by atoms with E-state index in [-0.39, 0.29) is 16.8 Å². The molecule has 1 aromatic heterocycles. The van der Waals surface area contributed by atoms with Crippen LogP contribution in [0, 0.1) is 0 Å². The third kappa shape index (κ3) is 1.90. The molecule has 0 atom stereocenters. The number of alkyl halides is 1. The monoisotopic (exact) mass is 195 g/mol. The summed E-state index contributed by atoms with van der Waals surface area (Å²) in [7, 11) is -3.33. The van der Waals surface area contributed by atoms with Gasteiger partial charge in [-0.05, 0) is 0 Å². The second-order valence-electron chi connectivity index (χ2n) is 1.80. The van der Waals surface area contributed by atoms with Crippen molar-refractivity contribution in [3.63, 3.8) is 0 Å². The molecule has 1 N–H and O–H groups in total. The molecule has 0 saturated heterocycles. The summed E-state index contributed by atoms with van der Waals surface area (Å²) in [6, 6.07) is 0. The Kier molecular flexibility index (Phi) is 2.45. The quantitative estimate of drug-likeness (QED) is 0.679. The Morgan fingerprint density at radius 1 is 1.64 bits per heavy atom. The minimum atomic E-state index is -3.33. The van der Waals surface area contributed by atoms with Gasteiger partial charge in [-0.1, -0.05) is 0 Å². The van der Waals surface area contributed by atoms with Crippen LogP contribution >= 0.6 is 11.6 Å². The third-order valence-electron chi connectivity index (χ3n) is 1.03. The smallest absolute Gasteiger partial charge is 0.242 e. The molecule has 0 saturated carbocycles. The van der Waals surface area contributed by atoms with Crippen molar-refractivity contribution in [3.05, 3.63) is 6.33 Å².